The van der Waals surface area contributed by atoms with E-state index < -0.39 is 5.97 Å². The highest BCUT2D eigenvalue weighted by Crippen LogP contribution is 2.29. The van der Waals surface area contributed by atoms with Gasteiger partial charge >= 0.3 is 5.97 Å². The molecule has 0 saturated heterocycles. The molecule has 0 atom stereocenters. The van der Waals surface area contributed by atoms with Gasteiger partial charge < -0.3 is 10.4 Å². The van der Waals surface area contributed by atoms with Gasteiger partial charge in [-0.05, 0) is 49.8 Å². The van der Waals surface area contributed by atoms with E-state index in [9.17, 15) is 4.79 Å². The van der Waals surface area contributed by atoms with E-state index in [0.717, 1.165) is 37.9 Å². The van der Waals surface area contributed by atoms with E-state index in [2.05, 4.69) is 5.32 Å². The van der Waals surface area contributed by atoms with Gasteiger partial charge in [0.25, 0.3) is 0 Å². The molecule has 1 aliphatic carbocycles. The zero-order valence-electron chi connectivity index (χ0n) is 11.1. The van der Waals surface area contributed by atoms with Gasteiger partial charge in [0.05, 0.1) is 16.5 Å². The molecule has 0 amide bonds. The molecule has 4 nitrogen and oxygen atoms in total. The second kappa shape index (κ2) is 6.62. The van der Waals surface area contributed by atoms with Gasteiger partial charge in [-0.2, -0.15) is 5.26 Å². The van der Waals surface area contributed by atoms with E-state index >= 15 is 0 Å². The van der Waals surface area contributed by atoms with Gasteiger partial charge in [-0.1, -0.05) is 11.6 Å². The van der Waals surface area contributed by atoms with Crippen LogP contribution in [0.2, 0.25) is 5.02 Å². The zero-order valence-corrected chi connectivity index (χ0v) is 11.9. The minimum absolute atomic E-state index is 0.171. The van der Waals surface area contributed by atoms with Crippen LogP contribution in [0.25, 0.3) is 0 Å². The quantitative estimate of drug-likeness (QED) is 0.890. The number of nitriles is 1. The van der Waals surface area contributed by atoms with Crippen LogP contribution in [0.1, 0.15) is 31.2 Å². The van der Waals surface area contributed by atoms with Crippen LogP contribution in [0.15, 0.2) is 18.2 Å². The van der Waals surface area contributed by atoms with Crippen LogP contribution in [0.5, 0.6) is 0 Å². The van der Waals surface area contributed by atoms with Crippen LogP contribution in [-0.4, -0.2) is 17.6 Å². The molecule has 1 aromatic rings. The van der Waals surface area contributed by atoms with Crippen molar-refractivity contribution in [3.05, 3.63) is 28.8 Å². The number of carboxylic acids is 1. The molecular formula is C15H17ClN2O2. The molecule has 0 radical (unpaired) electrons. The molecule has 0 unspecified atom stereocenters. The van der Waals surface area contributed by atoms with Crippen molar-refractivity contribution >= 4 is 23.3 Å². The van der Waals surface area contributed by atoms with Crippen molar-refractivity contribution in [3.63, 3.8) is 0 Å². The molecule has 0 aromatic heterocycles. The summed E-state index contributed by atoms with van der Waals surface area (Å²) in [5, 5.41) is 21.5. The molecule has 1 saturated carbocycles. The first-order valence-electron chi connectivity index (χ1n) is 6.76. The number of hydrogen-bond acceptors (Lipinski definition) is 3. The second-order valence-electron chi connectivity index (χ2n) is 5.24. The summed E-state index contributed by atoms with van der Waals surface area (Å²) < 4.78 is 0. The van der Waals surface area contributed by atoms with E-state index in [4.69, 9.17) is 22.0 Å². The maximum Gasteiger partial charge on any atom is 0.306 e. The standard InChI is InChI=1S/C15H17ClN2O2/c16-14-7-13(6-5-12(14)8-17)18-9-10-1-3-11(4-2-10)15(19)20/h5-7,10-11,18H,1-4,9H2,(H,19,20). The van der Waals surface area contributed by atoms with Gasteiger partial charge in [0.15, 0.2) is 0 Å². The fourth-order valence-corrected chi connectivity index (χ4v) is 2.81. The maximum atomic E-state index is 10.9. The number of hydrogen-bond donors (Lipinski definition) is 2. The normalized spacial score (nSPS) is 22.0. The van der Waals surface area contributed by atoms with Crippen molar-refractivity contribution < 1.29 is 9.90 Å². The van der Waals surface area contributed by atoms with Gasteiger partial charge in [0.2, 0.25) is 0 Å². The first-order valence-corrected chi connectivity index (χ1v) is 7.14. The molecule has 2 rings (SSSR count). The minimum Gasteiger partial charge on any atom is -0.481 e. The summed E-state index contributed by atoms with van der Waals surface area (Å²) in [5.41, 5.74) is 1.37. The number of aliphatic carboxylic acids is 1. The Bertz CT molecular complexity index is 531. The van der Waals surface area contributed by atoms with Crippen LogP contribution in [0.4, 0.5) is 5.69 Å². The molecule has 0 bridgehead atoms. The van der Waals surface area contributed by atoms with E-state index in [1.54, 1.807) is 12.1 Å². The number of halogens is 1. The smallest absolute Gasteiger partial charge is 0.306 e. The van der Waals surface area contributed by atoms with Crippen LogP contribution < -0.4 is 5.32 Å². The van der Waals surface area contributed by atoms with E-state index in [0.29, 0.717) is 16.5 Å². The second-order valence-corrected chi connectivity index (χ2v) is 5.65. The number of anilines is 1. The Hall–Kier alpha value is -1.73. The lowest BCUT2D eigenvalue weighted by atomic mass is 9.82. The number of nitrogens with one attached hydrogen (secondary N) is 1. The van der Waals surface area contributed by atoms with Gasteiger partial charge in [0, 0.05) is 12.2 Å². The SMILES string of the molecule is N#Cc1ccc(NCC2CCC(C(=O)O)CC2)cc1Cl. The lowest BCUT2D eigenvalue weighted by Crippen LogP contribution is -2.25. The van der Waals surface area contributed by atoms with Crippen LogP contribution in [-0.2, 0) is 4.79 Å². The van der Waals surface area contributed by atoms with Crippen molar-refractivity contribution in [2.24, 2.45) is 11.8 Å². The van der Waals surface area contributed by atoms with Crippen LogP contribution >= 0.6 is 11.6 Å². The van der Waals surface area contributed by atoms with Crippen molar-refractivity contribution in [2.45, 2.75) is 25.7 Å². The van der Waals surface area contributed by atoms with E-state index in [-0.39, 0.29) is 5.92 Å². The van der Waals surface area contributed by atoms with E-state index in [1.807, 2.05) is 12.1 Å². The van der Waals surface area contributed by atoms with Crippen molar-refractivity contribution in [1.29, 1.82) is 5.26 Å². The molecule has 1 fully saturated rings. The predicted molar refractivity (Wildman–Crippen MR) is 77.7 cm³/mol. The number of rotatable bonds is 4. The summed E-state index contributed by atoms with van der Waals surface area (Å²) in [6.45, 7) is 0.814. The molecule has 20 heavy (non-hydrogen) atoms. The van der Waals surface area contributed by atoms with E-state index in [1.165, 1.54) is 0 Å². The molecule has 106 valence electrons. The number of carbonyl (C=O) groups is 1. The highest BCUT2D eigenvalue weighted by Gasteiger charge is 2.25. The average Bonchev–Trinajstić information content (AvgIpc) is 2.45. The average molecular weight is 293 g/mol. The largest absolute Gasteiger partial charge is 0.481 e. The topological polar surface area (TPSA) is 73.1 Å². The molecule has 5 heteroatoms. The third-order valence-electron chi connectivity index (χ3n) is 3.88. The third kappa shape index (κ3) is 3.64. The molecule has 0 aliphatic heterocycles. The maximum absolute atomic E-state index is 10.9. The summed E-state index contributed by atoms with van der Waals surface area (Å²) in [4.78, 5) is 10.9. The summed E-state index contributed by atoms with van der Waals surface area (Å²) in [6, 6.07) is 7.32. The number of benzene rings is 1. The van der Waals surface area contributed by atoms with Crippen molar-refractivity contribution in [3.8, 4) is 6.07 Å². The molecule has 1 aliphatic rings. The summed E-state index contributed by atoms with van der Waals surface area (Å²) in [5.74, 6) is -0.342. The molecule has 0 heterocycles. The Morgan fingerprint density at radius 1 is 1.40 bits per heavy atom. The summed E-state index contributed by atoms with van der Waals surface area (Å²) in [7, 11) is 0. The lowest BCUT2D eigenvalue weighted by Gasteiger charge is -2.26. The lowest BCUT2D eigenvalue weighted by molar-refractivity contribution is -0.143. The van der Waals surface area contributed by atoms with Crippen LogP contribution in [0, 0.1) is 23.2 Å². The highest BCUT2D eigenvalue weighted by molar-refractivity contribution is 6.32. The fourth-order valence-electron chi connectivity index (χ4n) is 2.59. The first kappa shape index (κ1) is 14.7. The van der Waals surface area contributed by atoms with Crippen LogP contribution in [0.3, 0.4) is 0 Å². The van der Waals surface area contributed by atoms with Gasteiger partial charge in [-0.15, -0.1) is 0 Å². The Morgan fingerprint density at radius 3 is 2.65 bits per heavy atom. The Morgan fingerprint density at radius 2 is 2.10 bits per heavy atom. The van der Waals surface area contributed by atoms with Gasteiger partial charge in [0.1, 0.15) is 6.07 Å². The van der Waals surface area contributed by atoms with Gasteiger partial charge in [-0.25, -0.2) is 0 Å². The Labute approximate surface area is 123 Å². The number of nitrogens with zero attached hydrogens (tertiary/aromatic N) is 1. The molecule has 0 spiro atoms. The molecule has 2 N–H and O–H groups in total. The number of carboxylic acid groups (broad SMARTS) is 1. The minimum atomic E-state index is -0.671. The van der Waals surface area contributed by atoms with Crippen molar-refractivity contribution in [1.82, 2.24) is 0 Å². The summed E-state index contributed by atoms with van der Waals surface area (Å²) in [6.07, 6.45) is 3.40. The van der Waals surface area contributed by atoms with Crippen molar-refractivity contribution in [2.75, 3.05) is 11.9 Å². The third-order valence-corrected chi connectivity index (χ3v) is 4.19. The Balaban J connectivity index is 1.83. The first-order chi connectivity index (χ1) is 9.60. The molecular weight excluding hydrogens is 276 g/mol. The molecule has 1 aromatic carbocycles. The van der Waals surface area contributed by atoms with Gasteiger partial charge in [-0.3, -0.25) is 4.79 Å². The Kier molecular flexibility index (Phi) is 4.86. The predicted octanol–water partition coefficient (Wildman–Crippen LogP) is 3.51. The monoisotopic (exact) mass is 292 g/mol. The fraction of sp³-hybridized carbons (Fsp3) is 0.467. The zero-order chi connectivity index (χ0) is 14.5. The summed E-state index contributed by atoms with van der Waals surface area (Å²) >= 11 is 5.98. The highest BCUT2D eigenvalue weighted by atomic mass is 35.5.